The largest absolute Gasteiger partial charge is 0.496 e. The molecule has 1 spiro atoms. The molecular formula is C20H20O7. The maximum atomic E-state index is 12.8. The van der Waals surface area contributed by atoms with Gasteiger partial charge < -0.3 is 28.8 Å². The zero-order valence-corrected chi connectivity index (χ0v) is 15.0. The third kappa shape index (κ3) is 1.52. The van der Waals surface area contributed by atoms with E-state index in [0.29, 0.717) is 17.8 Å². The molecule has 1 saturated carbocycles. The highest BCUT2D eigenvalue weighted by Gasteiger charge is 2.78. The minimum atomic E-state index is -1.78. The van der Waals surface area contributed by atoms with Crippen molar-refractivity contribution in [1.29, 1.82) is 0 Å². The first-order chi connectivity index (χ1) is 12.8. The Balaban J connectivity index is 1.70. The fraction of sp³-hybridized carbons (Fsp3) is 0.550. The van der Waals surface area contributed by atoms with Crippen molar-refractivity contribution in [2.75, 3.05) is 13.7 Å². The lowest BCUT2D eigenvalue weighted by Crippen LogP contribution is -2.65. The molecule has 3 heterocycles. The smallest absolute Gasteiger partial charge is 0.315 e. The van der Waals surface area contributed by atoms with Gasteiger partial charge in [0.05, 0.1) is 25.4 Å². The maximum Gasteiger partial charge on any atom is 0.315 e. The lowest BCUT2D eigenvalue weighted by molar-refractivity contribution is -0.263. The molecule has 2 N–H and O–H groups in total. The molecule has 1 aromatic heterocycles. The molecule has 2 bridgehead atoms. The molecule has 6 atom stereocenters. The van der Waals surface area contributed by atoms with Gasteiger partial charge >= 0.3 is 5.97 Å². The second kappa shape index (κ2) is 4.48. The molecule has 2 aromatic rings. The van der Waals surface area contributed by atoms with Gasteiger partial charge in [0, 0.05) is 29.7 Å². The molecule has 2 saturated heterocycles. The summed E-state index contributed by atoms with van der Waals surface area (Å²) in [7, 11) is 1.61. The van der Waals surface area contributed by atoms with Gasteiger partial charge in [-0.15, -0.1) is 0 Å². The molecule has 6 rings (SSSR count). The number of aliphatic hydroxyl groups is 2. The zero-order chi connectivity index (χ0) is 18.8. The molecule has 2 aliphatic heterocycles. The Bertz CT molecular complexity index is 1010. The van der Waals surface area contributed by atoms with Gasteiger partial charge in [0.1, 0.15) is 29.0 Å². The maximum absolute atomic E-state index is 12.8. The van der Waals surface area contributed by atoms with Crippen LogP contribution in [0.1, 0.15) is 24.5 Å². The normalized spacial score (nSPS) is 44.1. The summed E-state index contributed by atoms with van der Waals surface area (Å²) in [6, 6.07) is 3.83. The van der Waals surface area contributed by atoms with Gasteiger partial charge in [-0.2, -0.15) is 0 Å². The fourth-order valence-corrected chi connectivity index (χ4v) is 6.38. The quantitative estimate of drug-likeness (QED) is 0.728. The molecule has 6 unspecified atom stereocenters. The average molecular weight is 372 g/mol. The van der Waals surface area contributed by atoms with E-state index in [1.165, 1.54) is 0 Å². The van der Waals surface area contributed by atoms with Crippen LogP contribution in [-0.4, -0.2) is 47.9 Å². The van der Waals surface area contributed by atoms with E-state index >= 15 is 0 Å². The summed E-state index contributed by atoms with van der Waals surface area (Å²) >= 11 is 0. The van der Waals surface area contributed by atoms with E-state index in [9.17, 15) is 15.0 Å². The monoisotopic (exact) mass is 372 g/mol. The standard InChI is InChI=1S/C20H20O7/c1-18-15-13(27-17(18)22)5-10-11(6-12(24-2)9-3-4-25-14(9)10)19(15)7-20(23,16(18)21)26-8-19/h3-4,6,13,15-16,21,23H,5,7-8H2,1-2H3. The number of fused-ring (bicyclic) bond motifs is 4. The molecule has 2 aliphatic carbocycles. The van der Waals surface area contributed by atoms with Crippen molar-refractivity contribution in [3.05, 3.63) is 29.5 Å². The Morgan fingerprint density at radius 3 is 2.96 bits per heavy atom. The number of esters is 1. The molecular weight excluding hydrogens is 352 g/mol. The third-order valence-electron chi connectivity index (χ3n) is 7.42. The van der Waals surface area contributed by atoms with E-state index < -0.39 is 34.8 Å². The van der Waals surface area contributed by atoms with Crippen LogP contribution in [0.2, 0.25) is 0 Å². The highest BCUT2D eigenvalue weighted by molar-refractivity contribution is 5.90. The fourth-order valence-electron chi connectivity index (χ4n) is 6.38. The summed E-state index contributed by atoms with van der Waals surface area (Å²) in [4.78, 5) is 12.8. The highest BCUT2D eigenvalue weighted by Crippen LogP contribution is 2.67. The Kier molecular flexibility index (Phi) is 2.64. The van der Waals surface area contributed by atoms with Crippen molar-refractivity contribution in [2.24, 2.45) is 11.3 Å². The van der Waals surface area contributed by atoms with E-state index in [1.807, 2.05) is 12.1 Å². The summed E-state index contributed by atoms with van der Waals surface area (Å²) in [5.74, 6) is -1.87. The van der Waals surface area contributed by atoms with Crippen molar-refractivity contribution in [3.63, 3.8) is 0 Å². The van der Waals surface area contributed by atoms with Crippen molar-refractivity contribution in [3.8, 4) is 5.75 Å². The summed E-state index contributed by atoms with van der Waals surface area (Å²) < 4.78 is 22.9. The number of benzene rings is 1. The number of ether oxygens (including phenoxy) is 3. The average Bonchev–Trinajstić information content (AvgIpc) is 3.31. The van der Waals surface area contributed by atoms with Gasteiger partial charge in [-0.1, -0.05) is 0 Å². The second-order valence-electron chi connectivity index (χ2n) is 8.55. The molecule has 3 fully saturated rings. The van der Waals surface area contributed by atoms with Crippen LogP contribution < -0.4 is 4.74 Å². The SMILES string of the molecule is COc1cc2c(c3occc13)CC1OC(=O)C3(C)C(O)C4(O)CC2(CO4)C13. The number of methoxy groups -OCH3 is 1. The highest BCUT2D eigenvalue weighted by atomic mass is 16.6. The van der Waals surface area contributed by atoms with E-state index in [4.69, 9.17) is 18.6 Å². The Morgan fingerprint density at radius 2 is 2.19 bits per heavy atom. The Morgan fingerprint density at radius 1 is 1.37 bits per heavy atom. The predicted molar refractivity (Wildman–Crippen MR) is 91.2 cm³/mol. The minimum absolute atomic E-state index is 0.205. The summed E-state index contributed by atoms with van der Waals surface area (Å²) in [5, 5.41) is 22.8. The number of rotatable bonds is 1. The molecule has 142 valence electrons. The van der Waals surface area contributed by atoms with Gasteiger partial charge in [-0.25, -0.2) is 0 Å². The van der Waals surface area contributed by atoms with Gasteiger partial charge in [0.2, 0.25) is 0 Å². The first kappa shape index (κ1) is 15.9. The molecule has 0 radical (unpaired) electrons. The summed E-state index contributed by atoms with van der Waals surface area (Å²) in [6.45, 7) is 1.89. The number of hydrogen-bond acceptors (Lipinski definition) is 7. The zero-order valence-electron chi connectivity index (χ0n) is 15.0. The Hall–Kier alpha value is -2.09. The van der Waals surface area contributed by atoms with Gasteiger partial charge in [-0.3, -0.25) is 4.79 Å². The van der Waals surface area contributed by atoms with Crippen LogP contribution in [0.3, 0.4) is 0 Å². The molecule has 0 amide bonds. The van der Waals surface area contributed by atoms with E-state index in [2.05, 4.69) is 0 Å². The van der Waals surface area contributed by atoms with Crippen molar-refractivity contribution in [2.45, 2.75) is 43.2 Å². The predicted octanol–water partition coefficient (Wildman–Crippen LogP) is 1.27. The first-order valence-corrected chi connectivity index (χ1v) is 9.18. The molecule has 27 heavy (non-hydrogen) atoms. The van der Waals surface area contributed by atoms with Crippen molar-refractivity contribution >= 4 is 16.9 Å². The van der Waals surface area contributed by atoms with Gasteiger partial charge in [-0.05, 0) is 24.6 Å². The van der Waals surface area contributed by atoms with Crippen LogP contribution in [0.5, 0.6) is 5.75 Å². The van der Waals surface area contributed by atoms with Gasteiger partial charge in [0.25, 0.3) is 0 Å². The minimum Gasteiger partial charge on any atom is -0.496 e. The topological polar surface area (TPSA) is 98.4 Å². The first-order valence-electron chi connectivity index (χ1n) is 9.18. The molecule has 1 aromatic carbocycles. The summed E-state index contributed by atoms with van der Waals surface area (Å²) in [5.41, 5.74) is 0.746. The lowest BCUT2D eigenvalue weighted by Gasteiger charge is -2.52. The van der Waals surface area contributed by atoms with Gasteiger partial charge in [0.15, 0.2) is 5.79 Å². The van der Waals surface area contributed by atoms with Crippen LogP contribution in [-0.2, 0) is 26.1 Å². The van der Waals surface area contributed by atoms with E-state index in [1.54, 1.807) is 20.3 Å². The van der Waals surface area contributed by atoms with Crippen molar-refractivity contribution in [1.82, 2.24) is 0 Å². The third-order valence-corrected chi connectivity index (χ3v) is 7.42. The molecule has 4 aliphatic rings. The molecule has 7 heteroatoms. The van der Waals surface area contributed by atoms with Crippen LogP contribution >= 0.6 is 0 Å². The summed E-state index contributed by atoms with van der Waals surface area (Å²) in [6.07, 6.45) is 0.601. The van der Waals surface area contributed by atoms with Crippen LogP contribution in [0, 0.1) is 11.3 Å². The Labute approximate surface area is 154 Å². The van der Waals surface area contributed by atoms with Crippen LogP contribution in [0.15, 0.2) is 22.8 Å². The second-order valence-corrected chi connectivity index (χ2v) is 8.55. The number of hydrogen-bond donors (Lipinski definition) is 2. The van der Waals surface area contributed by atoms with E-state index in [0.717, 1.165) is 16.5 Å². The van der Waals surface area contributed by atoms with E-state index in [-0.39, 0.29) is 18.9 Å². The number of aliphatic hydroxyl groups excluding tert-OH is 1. The van der Waals surface area contributed by atoms with Crippen molar-refractivity contribution < 1.29 is 33.6 Å². The number of carbonyl (C=O) groups excluding carboxylic acids is 1. The lowest BCUT2D eigenvalue weighted by atomic mass is 9.48. The molecule has 7 nitrogen and oxygen atoms in total. The number of furan rings is 1. The van der Waals surface area contributed by atoms with Crippen LogP contribution in [0.4, 0.5) is 0 Å². The number of carbonyl (C=O) groups is 1. The van der Waals surface area contributed by atoms with Crippen LogP contribution in [0.25, 0.3) is 11.0 Å².